The molecule has 1 fully saturated rings. The summed E-state index contributed by atoms with van der Waals surface area (Å²) >= 11 is 0. The average Bonchev–Trinajstić information content (AvgIpc) is 2.68. The van der Waals surface area contributed by atoms with Crippen molar-refractivity contribution >= 4 is 29.2 Å². The zero-order valence-corrected chi connectivity index (χ0v) is 15.9. The highest BCUT2D eigenvalue weighted by atomic mass is 16.2. The third-order valence-corrected chi connectivity index (χ3v) is 4.57. The van der Waals surface area contributed by atoms with Gasteiger partial charge in [-0.15, -0.1) is 0 Å². The predicted octanol–water partition coefficient (Wildman–Crippen LogP) is 2.93. The number of anilines is 2. The van der Waals surface area contributed by atoms with Crippen LogP contribution >= 0.6 is 0 Å². The fourth-order valence-corrected chi connectivity index (χ4v) is 3.25. The van der Waals surface area contributed by atoms with Gasteiger partial charge in [-0.1, -0.05) is 32.0 Å². The highest BCUT2D eigenvalue weighted by molar-refractivity contribution is 6.01. The first-order chi connectivity index (χ1) is 13.5. The number of piperazine rings is 1. The van der Waals surface area contributed by atoms with Crippen LogP contribution in [0.15, 0.2) is 54.6 Å². The zero-order valence-electron chi connectivity index (χ0n) is 15.9. The van der Waals surface area contributed by atoms with Crippen LogP contribution in [0.2, 0.25) is 0 Å². The van der Waals surface area contributed by atoms with Crippen molar-refractivity contribution in [2.75, 3.05) is 23.7 Å². The fourth-order valence-electron chi connectivity index (χ4n) is 3.25. The van der Waals surface area contributed by atoms with Crippen LogP contribution in [0, 0.1) is 5.92 Å². The molecule has 0 aliphatic carbocycles. The molecule has 0 aromatic heterocycles. The number of urea groups is 1. The van der Waals surface area contributed by atoms with E-state index in [0.717, 1.165) is 0 Å². The van der Waals surface area contributed by atoms with Gasteiger partial charge in [0, 0.05) is 30.0 Å². The lowest BCUT2D eigenvalue weighted by Crippen LogP contribution is -2.59. The van der Waals surface area contributed by atoms with Gasteiger partial charge in [-0.3, -0.25) is 9.59 Å². The molecule has 0 bridgehead atoms. The summed E-state index contributed by atoms with van der Waals surface area (Å²) in [5.74, 6) is -0.286. The second-order valence-corrected chi connectivity index (χ2v) is 7.00. The molecular formula is C21H24N4O3. The lowest BCUT2D eigenvalue weighted by atomic mass is 9.98. The van der Waals surface area contributed by atoms with Crippen LogP contribution in [0.1, 0.15) is 24.2 Å². The number of amides is 4. The molecular weight excluding hydrogens is 356 g/mol. The molecule has 1 unspecified atom stereocenters. The Morgan fingerprint density at radius 3 is 2.21 bits per heavy atom. The Kier molecular flexibility index (Phi) is 5.93. The van der Waals surface area contributed by atoms with E-state index in [9.17, 15) is 14.4 Å². The van der Waals surface area contributed by atoms with E-state index in [0.29, 0.717) is 30.0 Å². The number of para-hydroxylation sites is 1. The van der Waals surface area contributed by atoms with Gasteiger partial charge in [0.1, 0.15) is 6.04 Å². The molecule has 0 radical (unpaired) electrons. The Morgan fingerprint density at radius 2 is 1.61 bits per heavy atom. The molecule has 7 nitrogen and oxygen atoms in total. The number of hydrogen-bond acceptors (Lipinski definition) is 3. The van der Waals surface area contributed by atoms with Gasteiger partial charge in [0.2, 0.25) is 5.91 Å². The Morgan fingerprint density at radius 1 is 1.00 bits per heavy atom. The van der Waals surface area contributed by atoms with Crippen LogP contribution in [0.5, 0.6) is 0 Å². The molecule has 3 rings (SSSR count). The summed E-state index contributed by atoms with van der Waals surface area (Å²) in [7, 11) is 0. The molecule has 1 aliphatic rings. The summed E-state index contributed by atoms with van der Waals surface area (Å²) in [5, 5.41) is 8.28. The van der Waals surface area contributed by atoms with E-state index in [-0.39, 0.29) is 23.8 Å². The molecule has 0 saturated carbocycles. The predicted molar refractivity (Wildman–Crippen MR) is 108 cm³/mol. The molecule has 1 aliphatic heterocycles. The summed E-state index contributed by atoms with van der Waals surface area (Å²) < 4.78 is 0. The Bertz CT molecular complexity index is 850. The zero-order chi connectivity index (χ0) is 20.1. The Balaban J connectivity index is 1.65. The Hall–Kier alpha value is -3.35. The lowest BCUT2D eigenvalue weighted by Gasteiger charge is -2.37. The van der Waals surface area contributed by atoms with Crippen molar-refractivity contribution in [2.24, 2.45) is 5.92 Å². The van der Waals surface area contributed by atoms with Gasteiger partial charge in [0.05, 0.1) is 0 Å². The Labute approximate surface area is 164 Å². The summed E-state index contributed by atoms with van der Waals surface area (Å²) in [5.41, 5.74) is 1.74. The fraction of sp³-hybridized carbons (Fsp3) is 0.286. The maximum Gasteiger partial charge on any atom is 0.323 e. The first-order valence-corrected chi connectivity index (χ1v) is 9.27. The molecule has 146 valence electrons. The number of carbonyl (C=O) groups excluding carboxylic acids is 3. The largest absolute Gasteiger partial charge is 0.353 e. The molecule has 1 atom stereocenters. The number of rotatable bonds is 4. The molecule has 0 spiro atoms. The summed E-state index contributed by atoms with van der Waals surface area (Å²) in [4.78, 5) is 38.7. The van der Waals surface area contributed by atoms with E-state index in [4.69, 9.17) is 0 Å². The van der Waals surface area contributed by atoms with Crippen molar-refractivity contribution in [3.8, 4) is 0 Å². The van der Waals surface area contributed by atoms with Crippen molar-refractivity contribution in [3.05, 3.63) is 60.2 Å². The summed E-state index contributed by atoms with van der Waals surface area (Å²) in [6.07, 6.45) is 0. The smallest absolute Gasteiger partial charge is 0.323 e. The van der Waals surface area contributed by atoms with Crippen LogP contribution in [-0.4, -0.2) is 41.9 Å². The van der Waals surface area contributed by atoms with Crippen LogP contribution in [0.3, 0.4) is 0 Å². The second kappa shape index (κ2) is 8.56. The third kappa shape index (κ3) is 4.49. The van der Waals surface area contributed by atoms with Gasteiger partial charge in [-0.05, 0) is 42.3 Å². The summed E-state index contributed by atoms with van der Waals surface area (Å²) in [6.45, 7) is 4.78. The molecule has 2 aromatic rings. The molecule has 1 heterocycles. The minimum absolute atomic E-state index is 0.0203. The topological polar surface area (TPSA) is 90.5 Å². The van der Waals surface area contributed by atoms with Gasteiger partial charge < -0.3 is 20.9 Å². The second-order valence-electron chi connectivity index (χ2n) is 7.00. The highest BCUT2D eigenvalue weighted by Crippen LogP contribution is 2.19. The van der Waals surface area contributed by atoms with Crippen LogP contribution in [0.25, 0.3) is 0 Å². The number of carbonyl (C=O) groups is 3. The lowest BCUT2D eigenvalue weighted by molar-refractivity contribution is -0.129. The van der Waals surface area contributed by atoms with Gasteiger partial charge >= 0.3 is 6.03 Å². The molecule has 7 heteroatoms. The molecule has 2 aromatic carbocycles. The van der Waals surface area contributed by atoms with Crippen LogP contribution < -0.4 is 16.0 Å². The molecule has 1 saturated heterocycles. The maximum absolute atomic E-state index is 12.9. The van der Waals surface area contributed by atoms with Gasteiger partial charge in [0.25, 0.3) is 5.91 Å². The molecule has 4 amide bonds. The van der Waals surface area contributed by atoms with Crippen LogP contribution in [-0.2, 0) is 4.79 Å². The van der Waals surface area contributed by atoms with E-state index in [1.165, 1.54) is 0 Å². The van der Waals surface area contributed by atoms with Crippen molar-refractivity contribution in [1.82, 2.24) is 10.2 Å². The van der Waals surface area contributed by atoms with Gasteiger partial charge in [-0.2, -0.15) is 0 Å². The minimum Gasteiger partial charge on any atom is -0.353 e. The standard InChI is InChI=1S/C21H24N4O3/c1-14(2)18-19(26)22-12-13-25(18)20(27)15-8-10-17(11-9-15)24-21(28)23-16-6-4-3-5-7-16/h3-11,14,18H,12-13H2,1-2H3,(H,22,26)(H2,23,24,28). The minimum atomic E-state index is -0.476. The van der Waals surface area contributed by atoms with E-state index in [1.807, 2.05) is 32.0 Å². The third-order valence-electron chi connectivity index (χ3n) is 4.57. The number of benzene rings is 2. The first-order valence-electron chi connectivity index (χ1n) is 9.27. The van der Waals surface area contributed by atoms with E-state index in [2.05, 4.69) is 16.0 Å². The van der Waals surface area contributed by atoms with Gasteiger partial charge in [-0.25, -0.2) is 4.79 Å². The number of nitrogens with zero attached hydrogens (tertiary/aromatic N) is 1. The highest BCUT2D eigenvalue weighted by Gasteiger charge is 2.35. The van der Waals surface area contributed by atoms with Crippen molar-refractivity contribution < 1.29 is 14.4 Å². The normalized spacial score (nSPS) is 16.5. The van der Waals surface area contributed by atoms with Crippen molar-refractivity contribution in [1.29, 1.82) is 0 Å². The van der Waals surface area contributed by atoms with Crippen molar-refractivity contribution in [2.45, 2.75) is 19.9 Å². The molecule has 3 N–H and O–H groups in total. The van der Waals surface area contributed by atoms with Gasteiger partial charge in [0.15, 0.2) is 0 Å². The van der Waals surface area contributed by atoms with Crippen LogP contribution in [0.4, 0.5) is 16.2 Å². The van der Waals surface area contributed by atoms with Crippen molar-refractivity contribution in [3.63, 3.8) is 0 Å². The summed E-state index contributed by atoms with van der Waals surface area (Å²) in [6, 6.07) is 14.9. The SMILES string of the molecule is CC(C)C1C(=O)NCCN1C(=O)c1ccc(NC(=O)Nc2ccccc2)cc1. The van der Waals surface area contributed by atoms with E-state index in [1.54, 1.807) is 41.3 Å². The number of hydrogen-bond donors (Lipinski definition) is 3. The van der Waals surface area contributed by atoms with E-state index < -0.39 is 6.04 Å². The average molecular weight is 380 g/mol. The monoisotopic (exact) mass is 380 g/mol. The van der Waals surface area contributed by atoms with E-state index >= 15 is 0 Å². The molecule has 28 heavy (non-hydrogen) atoms. The first kappa shape index (κ1) is 19.4. The maximum atomic E-state index is 12.9. The quantitative estimate of drug-likeness (QED) is 0.762. The number of nitrogens with one attached hydrogen (secondary N) is 3.